The van der Waals surface area contributed by atoms with Gasteiger partial charge in [-0.05, 0) is 42.5 Å². The van der Waals surface area contributed by atoms with E-state index in [0.29, 0.717) is 23.0 Å². The third-order valence-electron chi connectivity index (χ3n) is 5.52. The van der Waals surface area contributed by atoms with Gasteiger partial charge in [0.1, 0.15) is 5.82 Å². The van der Waals surface area contributed by atoms with Crippen LogP contribution in [0.3, 0.4) is 0 Å². The Kier molecular flexibility index (Phi) is 7.65. The first-order valence-corrected chi connectivity index (χ1v) is 10.5. The molecule has 0 spiro atoms. The molecule has 1 saturated carbocycles. The maximum atomic E-state index is 12.3. The number of aromatic hydroxyl groups is 1. The molecule has 1 aliphatic rings. The zero-order valence-electron chi connectivity index (χ0n) is 18.4. The van der Waals surface area contributed by atoms with E-state index in [2.05, 4.69) is 22.2 Å². The number of nitro groups is 1. The van der Waals surface area contributed by atoms with E-state index in [9.17, 15) is 24.8 Å². The molecule has 1 aromatic carbocycles. The molecule has 0 saturated heterocycles. The molecule has 3 rings (SSSR count). The van der Waals surface area contributed by atoms with Crippen molar-refractivity contribution in [2.24, 2.45) is 5.92 Å². The van der Waals surface area contributed by atoms with Gasteiger partial charge in [-0.25, -0.2) is 0 Å². The van der Waals surface area contributed by atoms with Crippen LogP contribution < -0.4 is 20.3 Å². The maximum absolute atomic E-state index is 12.3. The van der Waals surface area contributed by atoms with Gasteiger partial charge in [0.05, 0.1) is 12.0 Å². The van der Waals surface area contributed by atoms with Crippen LogP contribution in [0.25, 0.3) is 12.2 Å². The maximum Gasteiger partial charge on any atom is 0.395 e. The molecule has 0 unspecified atom stereocenters. The van der Waals surface area contributed by atoms with E-state index < -0.39 is 22.0 Å². The number of aromatic amines is 1. The van der Waals surface area contributed by atoms with Gasteiger partial charge >= 0.3 is 11.2 Å². The number of benzene rings is 1. The summed E-state index contributed by atoms with van der Waals surface area (Å²) in [5, 5.41) is 23.4. The smallest absolute Gasteiger partial charge is 0.395 e. The van der Waals surface area contributed by atoms with E-state index in [1.165, 1.54) is 19.6 Å². The molecule has 176 valence electrons. The van der Waals surface area contributed by atoms with Crippen molar-refractivity contribution in [1.29, 1.82) is 0 Å². The zero-order chi connectivity index (χ0) is 24.0. The van der Waals surface area contributed by atoms with E-state index in [1.54, 1.807) is 24.3 Å². The Balaban J connectivity index is 1.65. The van der Waals surface area contributed by atoms with Gasteiger partial charge in [0.2, 0.25) is 0 Å². The normalized spacial score (nSPS) is 18.1. The molecular formula is C22H26N4O7. The van der Waals surface area contributed by atoms with E-state index in [4.69, 9.17) is 9.47 Å². The third-order valence-corrected chi connectivity index (χ3v) is 5.52. The zero-order valence-corrected chi connectivity index (χ0v) is 18.4. The first-order chi connectivity index (χ1) is 15.8. The van der Waals surface area contributed by atoms with E-state index >= 15 is 0 Å². The van der Waals surface area contributed by atoms with Crippen LogP contribution in [0.15, 0.2) is 23.0 Å². The molecule has 1 amide bonds. The topological polar surface area (TPSA) is 157 Å². The first-order valence-electron chi connectivity index (χ1n) is 10.5. The lowest BCUT2D eigenvalue weighted by Gasteiger charge is -2.29. The van der Waals surface area contributed by atoms with Gasteiger partial charge in [0.15, 0.2) is 18.1 Å². The van der Waals surface area contributed by atoms with E-state index in [-0.39, 0.29) is 24.4 Å². The molecule has 0 aliphatic heterocycles. The minimum absolute atomic E-state index is 0.0593. The lowest BCUT2D eigenvalue weighted by Crippen LogP contribution is -2.43. The number of nitrogens with one attached hydrogen (secondary N) is 2. The number of rotatable bonds is 8. The van der Waals surface area contributed by atoms with Gasteiger partial charge in [-0.1, -0.05) is 31.9 Å². The van der Waals surface area contributed by atoms with Crippen molar-refractivity contribution in [3.05, 3.63) is 50.1 Å². The van der Waals surface area contributed by atoms with Crippen molar-refractivity contribution in [1.82, 2.24) is 15.3 Å². The van der Waals surface area contributed by atoms with Crippen LogP contribution in [-0.2, 0) is 4.79 Å². The molecule has 33 heavy (non-hydrogen) atoms. The minimum Gasteiger partial charge on any atom is -0.493 e. The van der Waals surface area contributed by atoms with Crippen LogP contribution in [0.1, 0.15) is 44.0 Å². The van der Waals surface area contributed by atoms with Crippen LogP contribution in [0.4, 0.5) is 5.69 Å². The van der Waals surface area contributed by atoms with Crippen LogP contribution in [0.2, 0.25) is 0 Å². The Hall–Kier alpha value is -3.89. The molecule has 2 aromatic rings. The standard InChI is InChI=1S/C22H26N4O7/c1-13-5-3-4-6-15(13)23-19(27)12-33-16-9-7-14(11-17(16)32-2)8-10-18-24-21(28)20(26(30)31)22(29)25-18/h7-11,13,15H,3-6,12H2,1-2H3,(H,23,27)(H2,24,25,28,29)/b10-8+/t13-,15-/m0/s1. The summed E-state index contributed by atoms with van der Waals surface area (Å²) < 4.78 is 11.0. The van der Waals surface area contributed by atoms with Crippen molar-refractivity contribution < 1.29 is 24.3 Å². The van der Waals surface area contributed by atoms with E-state index in [1.807, 2.05) is 0 Å². The number of amides is 1. The Morgan fingerprint density at radius 2 is 2.09 bits per heavy atom. The molecule has 1 fully saturated rings. The molecule has 0 radical (unpaired) electrons. The Bertz CT molecular complexity index is 1110. The van der Waals surface area contributed by atoms with Gasteiger partial charge in [-0.3, -0.25) is 19.7 Å². The van der Waals surface area contributed by atoms with Crippen molar-refractivity contribution in [2.45, 2.75) is 38.6 Å². The number of hydrogen-bond acceptors (Lipinski definition) is 8. The van der Waals surface area contributed by atoms with Gasteiger partial charge in [0.25, 0.3) is 11.8 Å². The first kappa shape index (κ1) is 23.8. The molecule has 11 nitrogen and oxygen atoms in total. The number of carbonyl (C=O) groups is 1. The summed E-state index contributed by atoms with van der Waals surface area (Å²) in [6.07, 6.45) is 7.33. The summed E-state index contributed by atoms with van der Waals surface area (Å²) >= 11 is 0. The Morgan fingerprint density at radius 3 is 2.76 bits per heavy atom. The molecule has 1 aromatic heterocycles. The lowest BCUT2D eigenvalue weighted by molar-refractivity contribution is -0.387. The summed E-state index contributed by atoms with van der Waals surface area (Å²) in [5.41, 5.74) is -1.44. The van der Waals surface area contributed by atoms with Crippen LogP contribution >= 0.6 is 0 Å². The fraction of sp³-hybridized carbons (Fsp3) is 0.409. The van der Waals surface area contributed by atoms with Gasteiger partial charge < -0.3 is 24.9 Å². The molecule has 1 aliphatic carbocycles. The van der Waals surface area contributed by atoms with Gasteiger partial charge in [0, 0.05) is 6.04 Å². The number of carbonyl (C=O) groups excluding carboxylic acids is 1. The largest absolute Gasteiger partial charge is 0.493 e. The summed E-state index contributed by atoms with van der Waals surface area (Å²) in [5.74, 6) is 0.0183. The number of ether oxygens (including phenoxy) is 2. The summed E-state index contributed by atoms with van der Waals surface area (Å²) in [6.45, 7) is 2.01. The van der Waals surface area contributed by atoms with Crippen molar-refractivity contribution >= 4 is 23.7 Å². The number of hydrogen-bond donors (Lipinski definition) is 3. The Morgan fingerprint density at radius 1 is 1.33 bits per heavy atom. The second-order valence-corrected chi connectivity index (χ2v) is 7.85. The highest BCUT2D eigenvalue weighted by atomic mass is 16.6. The fourth-order valence-electron chi connectivity index (χ4n) is 3.72. The molecule has 2 atom stereocenters. The summed E-state index contributed by atoms with van der Waals surface area (Å²) in [4.78, 5) is 39.6. The highest BCUT2D eigenvalue weighted by Gasteiger charge is 2.23. The Labute approximate surface area is 189 Å². The second kappa shape index (κ2) is 10.6. The van der Waals surface area contributed by atoms with Crippen molar-refractivity contribution in [3.8, 4) is 17.4 Å². The third kappa shape index (κ3) is 6.09. The van der Waals surface area contributed by atoms with Crippen LogP contribution in [-0.4, -0.2) is 45.7 Å². The summed E-state index contributed by atoms with van der Waals surface area (Å²) in [7, 11) is 1.47. The monoisotopic (exact) mass is 458 g/mol. The molecular weight excluding hydrogens is 432 g/mol. The number of H-pyrrole nitrogens is 1. The predicted octanol–water partition coefficient (Wildman–Crippen LogP) is 2.64. The average Bonchev–Trinajstić information content (AvgIpc) is 2.77. The molecule has 3 N–H and O–H groups in total. The quantitative estimate of drug-likeness (QED) is 0.402. The number of methoxy groups -OCH3 is 1. The molecule has 0 bridgehead atoms. The number of nitrogens with zero attached hydrogens (tertiary/aromatic N) is 2. The second-order valence-electron chi connectivity index (χ2n) is 7.85. The van der Waals surface area contributed by atoms with Crippen LogP contribution in [0, 0.1) is 16.0 Å². The van der Waals surface area contributed by atoms with Crippen molar-refractivity contribution in [2.75, 3.05) is 13.7 Å². The predicted molar refractivity (Wildman–Crippen MR) is 120 cm³/mol. The van der Waals surface area contributed by atoms with Crippen molar-refractivity contribution in [3.63, 3.8) is 0 Å². The van der Waals surface area contributed by atoms with Gasteiger partial charge in [-0.15, -0.1) is 0 Å². The number of aromatic nitrogens is 2. The minimum atomic E-state index is -1.06. The summed E-state index contributed by atoms with van der Waals surface area (Å²) in [6, 6.07) is 5.15. The van der Waals surface area contributed by atoms with Crippen LogP contribution in [0.5, 0.6) is 17.4 Å². The molecule has 11 heteroatoms. The van der Waals surface area contributed by atoms with Gasteiger partial charge in [-0.2, -0.15) is 4.98 Å². The fourth-order valence-corrected chi connectivity index (χ4v) is 3.72. The van der Waals surface area contributed by atoms with E-state index in [0.717, 1.165) is 19.3 Å². The lowest BCUT2D eigenvalue weighted by atomic mass is 9.86. The SMILES string of the molecule is COc1cc(/C=C/c2nc(O)c([N+](=O)[O-])c(=O)[nH]2)ccc1OCC(=O)N[C@H]1CCCC[C@@H]1C. The highest BCUT2D eigenvalue weighted by Crippen LogP contribution is 2.29. The molecule has 1 heterocycles. The highest BCUT2D eigenvalue weighted by molar-refractivity contribution is 5.78. The average molecular weight is 458 g/mol.